The summed E-state index contributed by atoms with van der Waals surface area (Å²) >= 11 is 0. The quantitative estimate of drug-likeness (QED) is 0.500. The van der Waals surface area contributed by atoms with Gasteiger partial charge in [0.2, 0.25) is 0 Å². The summed E-state index contributed by atoms with van der Waals surface area (Å²) in [5, 5.41) is 0. The molecule has 4 rings (SSSR count). The molecule has 1 fully saturated rings. The number of ether oxygens (including phenoxy) is 1. The number of allylic oxidation sites excluding steroid dienone is 4. The van der Waals surface area contributed by atoms with E-state index in [0.717, 1.165) is 30.6 Å². The fourth-order valence-corrected chi connectivity index (χ4v) is 4.90. The van der Waals surface area contributed by atoms with Gasteiger partial charge in [-0.15, -0.1) is 0 Å². The van der Waals surface area contributed by atoms with Gasteiger partial charge in [-0.25, -0.2) is 8.78 Å². The minimum Gasteiger partial charge on any atom is -0.384 e. The minimum atomic E-state index is -1.72. The van der Waals surface area contributed by atoms with Crippen molar-refractivity contribution in [1.82, 2.24) is 0 Å². The van der Waals surface area contributed by atoms with E-state index in [0.29, 0.717) is 23.0 Å². The van der Waals surface area contributed by atoms with E-state index in [1.165, 1.54) is 30.6 Å². The Balaban J connectivity index is 1.57. The molecule has 2 aliphatic carbocycles. The minimum absolute atomic E-state index is 0.0129. The van der Waals surface area contributed by atoms with E-state index < -0.39 is 5.67 Å². The predicted molar refractivity (Wildman–Crippen MR) is 119 cm³/mol. The summed E-state index contributed by atoms with van der Waals surface area (Å²) < 4.78 is 35.7. The van der Waals surface area contributed by atoms with Crippen LogP contribution in [0.4, 0.5) is 8.78 Å². The second-order valence-electron chi connectivity index (χ2n) is 8.81. The van der Waals surface area contributed by atoms with Gasteiger partial charge in [0.15, 0.2) is 5.67 Å². The van der Waals surface area contributed by atoms with Crippen molar-refractivity contribution in [2.45, 2.75) is 50.6 Å². The first kappa shape index (κ1) is 21.0. The highest BCUT2D eigenvalue weighted by Gasteiger charge is 2.38. The number of aryl methyl sites for hydroxylation is 1. The molecule has 0 N–H and O–H groups in total. The molecule has 158 valence electrons. The van der Waals surface area contributed by atoms with E-state index in [2.05, 4.69) is 12.1 Å². The Hall–Kier alpha value is -2.26. The lowest BCUT2D eigenvalue weighted by atomic mass is 9.77. The van der Waals surface area contributed by atoms with Crippen LogP contribution in [0.5, 0.6) is 0 Å². The molecule has 1 unspecified atom stereocenters. The van der Waals surface area contributed by atoms with Crippen LogP contribution in [0.2, 0.25) is 0 Å². The number of hydrogen-bond donors (Lipinski definition) is 0. The summed E-state index contributed by atoms with van der Waals surface area (Å²) in [7, 11) is 1.77. The molecular formula is C27H30F2O. The fourth-order valence-electron chi connectivity index (χ4n) is 4.90. The second kappa shape index (κ2) is 8.85. The average molecular weight is 409 g/mol. The van der Waals surface area contributed by atoms with E-state index in [-0.39, 0.29) is 12.2 Å². The molecular weight excluding hydrogens is 378 g/mol. The number of hydrogen-bond acceptors (Lipinski definition) is 1. The average Bonchev–Trinajstić information content (AvgIpc) is 2.77. The summed E-state index contributed by atoms with van der Waals surface area (Å²) in [5.74, 6) is 0.830. The highest BCUT2D eigenvalue weighted by molar-refractivity contribution is 5.77. The first-order valence-electron chi connectivity index (χ1n) is 10.9. The van der Waals surface area contributed by atoms with Crippen molar-refractivity contribution in [2.75, 3.05) is 13.7 Å². The van der Waals surface area contributed by atoms with Gasteiger partial charge in [-0.3, -0.25) is 0 Å². The number of rotatable bonds is 5. The molecule has 1 saturated carbocycles. The third-order valence-corrected chi connectivity index (χ3v) is 6.74. The van der Waals surface area contributed by atoms with Crippen LogP contribution in [0.1, 0.15) is 60.3 Å². The largest absolute Gasteiger partial charge is 0.384 e. The van der Waals surface area contributed by atoms with Gasteiger partial charge < -0.3 is 4.74 Å². The maximum Gasteiger partial charge on any atom is 0.165 e. The molecule has 2 aliphatic rings. The standard InChI is InChI=1S/C27H30F2O/c1-19-3-13-24(14-4-19)27(29)16-15-25(28)17-26(27)23-11-9-22(10-12-23)21-7-5-20(6-8-21)18-30-2/h3-4,9-15,17,20-21H,5-8,16,18H2,1-2H3. The van der Waals surface area contributed by atoms with Crippen LogP contribution >= 0.6 is 0 Å². The lowest BCUT2D eigenvalue weighted by Crippen LogP contribution is -2.24. The molecule has 0 aromatic heterocycles. The van der Waals surface area contributed by atoms with Crippen molar-refractivity contribution in [2.24, 2.45) is 5.92 Å². The van der Waals surface area contributed by atoms with E-state index in [4.69, 9.17) is 4.74 Å². The molecule has 0 saturated heterocycles. The van der Waals surface area contributed by atoms with Crippen LogP contribution in [-0.4, -0.2) is 13.7 Å². The van der Waals surface area contributed by atoms with Gasteiger partial charge in [0.1, 0.15) is 5.83 Å². The van der Waals surface area contributed by atoms with Crippen LogP contribution in [-0.2, 0) is 10.4 Å². The molecule has 0 heterocycles. The highest BCUT2D eigenvalue weighted by atomic mass is 19.1. The summed E-state index contributed by atoms with van der Waals surface area (Å²) in [6.45, 7) is 2.82. The molecule has 0 aliphatic heterocycles. The van der Waals surface area contributed by atoms with Gasteiger partial charge in [0, 0.05) is 25.7 Å². The monoisotopic (exact) mass is 408 g/mol. The Morgan fingerprint density at radius 3 is 2.27 bits per heavy atom. The third kappa shape index (κ3) is 4.27. The number of benzene rings is 2. The van der Waals surface area contributed by atoms with E-state index in [9.17, 15) is 4.39 Å². The Morgan fingerprint density at radius 1 is 0.967 bits per heavy atom. The normalized spacial score (nSPS) is 26.8. The molecule has 0 amide bonds. The molecule has 2 aromatic rings. The van der Waals surface area contributed by atoms with E-state index >= 15 is 4.39 Å². The Bertz CT molecular complexity index is 918. The zero-order chi connectivity index (χ0) is 21.1. The van der Waals surface area contributed by atoms with Crippen molar-refractivity contribution in [3.05, 3.63) is 88.8 Å². The first-order valence-corrected chi connectivity index (χ1v) is 10.9. The zero-order valence-electron chi connectivity index (χ0n) is 17.8. The molecule has 1 nitrogen and oxygen atoms in total. The van der Waals surface area contributed by atoms with Gasteiger partial charge in [0.25, 0.3) is 0 Å². The van der Waals surface area contributed by atoms with Gasteiger partial charge >= 0.3 is 0 Å². The first-order chi connectivity index (χ1) is 14.5. The zero-order valence-corrected chi connectivity index (χ0v) is 17.8. The SMILES string of the molecule is COCC1CCC(c2ccc(C3=CC(F)=CCC3(F)c3ccc(C)cc3)cc2)CC1. The van der Waals surface area contributed by atoms with Crippen molar-refractivity contribution in [3.63, 3.8) is 0 Å². The maximum atomic E-state index is 16.2. The van der Waals surface area contributed by atoms with Crippen LogP contribution < -0.4 is 0 Å². The van der Waals surface area contributed by atoms with E-state index in [1.54, 1.807) is 7.11 Å². The van der Waals surface area contributed by atoms with Crippen LogP contribution in [0.15, 0.2) is 66.5 Å². The summed E-state index contributed by atoms with van der Waals surface area (Å²) in [4.78, 5) is 0. The van der Waals surface area contributed by atoms with Crippen molar-refractivity contribution in [1.29, 1.82) is 0 Å². The third-order valence-electron chi connectivity index (χ3n) is 6.74. The van der Waals surface area contributed by atoms with Crippen molar-refractivity contribution < 1.29 is 13.5 Å². The fraction of sp³-hybridized carbons (Fsp3) is 0.407. The topological polar surface area (TPSA) is 9.23 Å². The second-order valence-corrected chi connectivity index (χ2v) is 8.81. The lowest BCUT2D eigenvalue weighted by Gasteiger charge is -2.31. The number of alkyl halides is 1. The molecule has 30 heavy (non-hydrogen) atoms. The van der Waals surface area contributed by atoms with E-state index in [1.807, 2.05) is 43.3 Å². The maximum absolute atomic E-state index is 16.2. The summed E-state index contributed by atoms with van der Waals surface area (Å²) in [5.41, 5.74) is 2.38. The molecule has 0 radical (unpaired) electrons. The summed E-state index contributed by atoms with van der Waals surface area (Å²) in [6.07, 6.45) is 7.39. The van der Waals surface area contributed by atoms with Gasteiger partial charge in [0.05, 0.1) is 0 Å². The van der Waals surface area contributed by atoms with Gasteiger partial charge in [-0.1, -0.05) is 54.1 Å². The highest BCUT2D eigenvalue weighted by Crippen LogP contribution is 2.47. The van der Waals surface area contributed by atoms with Crippen molar-refractivity contribution >= 4 is 5.57 Å². The Kier molecular flexibility index (Phi) is 6.19. The number of halogens is 2. The van der Waals surface area contributed by atoms with Gasteiger partial charge in [-0.2, -0.15) is 0 Å². The Labute approximate surface area is 178 Å². The summed E-state index contributed by atoms with van der Waals surface area (Å²) in [6, 6.07) is 15.6. The predicted octanol–water partition coefficient (Wildman–Crippen LogP) is 7.42. The van der Waals surface area contributed by atoms with Crippen molar-refractivity contribution in [3.8, 4) is 0 Å². The van der Waals surface area contributed by atoms with Crippen LogP contribution in [0, 0.1) is 12.8 Å². The van der Waals surface area contributed by atoms with Gasteiger partial charge in [-0.05, 0) is 73.3 Å². The van der Waals surface area contributed by atoms with Crippen LogP contribution in [0.25, 0.3) is 5.57 Å². The molecule has 0 spiro atoms. The molecule has 1 atom stereocenters. The van der Waals surface area contributed by atoms with Crippen LogP contribution in [0.3, 0.4) is 0 Å². The smallest absolute Gasteiger partial charge is 0.165 e. The number of methoxy groups -OCH3 is 1. The molecule has 3 heteroatoms. The Morgan fingerprint density at radius 2 is 1.63 bits per heavy atom. The molecule has 0 bridgehead atoms. The lowest BCUT2D eigenvalue weighted by molar-refractivity contribution is 0.127. The molecule has 2 aromatic carbocycles.